The van der Waals surface area contributed by atoms with Gasteiger partial charge in [-0.25, -0.2) is 0 Å². The zero-order valence-corrected chi connectivity index (χ0v) is 9.58. The molecule has 1 aliphatic carbocycles. The number of likely N-dealkylation sites (N-methyl/N-ethyl adjacent to an activating group) is 1. The first-order valence-electron chi connectivity index (χ1n) is 5.92. The Morgan fingerprint density at radius 1 is 1.47 bits per heavy atom. The van der Waals surface area contributed by atoms with Crippen molar-refractivity contribution in [3.8, 4) is 0 Å². The van der Waals surface area contributed by atoms with Crippen molar-refractivity contribution in [1.29, 1.82) is 0 Å². The minimum atomic E-state index is -0.0439. The van der Waals surface area contributed by atoms with Crippen molar-refractivity contribution in [2.24, 2.45) is 11.8 Å². The zero-order chi connectivity index (χ0) is 10.8. The lowest BCUT2D eigenvalue weighted by molar-refractivity contribution is 0.125. The summed E-state index contributed by atoms with van der Waals surface area (Å²) < 4.78 is 0. The number of nitrogens with one attached hydrogen (secondary N) is 1. The third-order valence-corrected chi connectivity index (χ3v) is 3.77. The summed E-state index contributed by atoms with van der Waals surface area (Å²) in [4.78, 5) is 2.44. The molecule has 0 aromatic carbocycles. The maximum atomic E-state index is 9.79. The fourth-order valence-electron chi connectivity index (χ4n) is 3.08. The van der Waals surface area contributed by atoms with E-state index >= 15 is 0 Å². The molecule has 1 saturated carbocycles. The third-order valence-electron chi connectivity index (χ3n) is 3.77. The van der Waals surface area contributed by atoms with Crippen LogP contribution in [0.1, 0.15) is 12.8 Å². The monoisotopic (exact) mass is 210 g/mol. The number of fused-ring (bicyclic) bond motifs is 1. The van der Waals surface area contributed by atoms with Gasteiger partial charge in [0, 0.05) is 32.1 Å². The second kappa shape index (κ2) is 4.64. The van der Waals surface area contributed by atoms with E-state index in [4.69, 9.17) is 0 Å². The summed E-state index contributed by atoms with van der Waals surface area (Å²) in [7, 11) is 1.95. The van der Waals surface area contributed by atoms with Crippen LogP contribution >= 0.6 is 0 Å². The number of aliphatic hydroxyl groups is 1. The molecule has 1 aliphatic heterocycles. The number of rotatable bonds is 4. The molecule has 3 heteroatoms. The van der Waals surface area contributed by atoms with Gasteiger partial charge in [-0.1, -0.05) is 6.58 Å². The first kappa shape index (κ1) is 11.1. The fraction of sp³-hybridized carbons (Fsp3) is 0.833. The molecule has 3 unspecified atom stereocenters. The summed E-state index contributed by atoms with van der Waals surface area (Å²) in [6.07, 6.45) is 2.18. The van der Waals surface area contributed by atoms with Crippen molar-refractivity contribution in [2.45, 2.75) is 18.9 Å². The molecule has 15 heavy (non-hydrogen) atoms. The molecule has 1 heterocycles. The van der Waals surface area contributed by atoms with Gasteiger partial charge in [0.05, 0.1) is 6.10 Å². The molecule has 2 rings (SSSR count). The summed E-state index contributed by atoms with van der Waals surface area (Å²) in [5.41, 5.74) is 1.24. The first-order chi connectivity index (χ1) is 7.20. The summed E-state index contributed by atoms with van der Waals surface area (Å²) in [5, 5.41) is 12.9. The van der Waals surface area contributed by atoms with Crippen LogP contribution in [0, 0.1) is 11.8 Å². The Morgan fingerprint density at radius 3 is 2.93 bits per heavy atom. The van der Waals surface area contributed by atoms with Gasteiger partial charge in [-0.15, -0.1) is 0 Å². The number of aliphatic hydroxyl groups excluding tert-OH is 1. The van der Waals surface area contributed by atoms with Crippen molar-refractivity contribution >= 4 is 0 Å². The highest BCUT2D eigenvalue weighted by Gasteiger charge is 2.41. The Labute approximate surface area is 92.2 Å². The van der Waals surface area contributed by atoms with Crippen molar-refractivity contribution < 1.29 is 5.11 Å². The molecule has 0 spiro atoms. The predicted molar refractivity (Wildman–Crippen MR) is 61.7 cm³/mol. The fourth-order valence-corrected chi connectivity index (χ4v) is 3.08. The topological polar surface area (TPSA) is 35.5 Å². The van der Waals surface area contributed by atoms with Crippen molar-refractivity contribution in [2.75, 3.05) is 33.2 Å². The van der Waals surface area contributed by atoms with E-state index < -0.39 is 0 Å². The van der Waals surface area contributed by atoms with Gasteiger partial charge in [-0.05, 0) is 31.4 Å². The Morgan fingerprint density at radius 2 is 2.27 bits per heavy atom. The van der Waals surface area contributed by atoms with Crippen LogP contribution < -0.4 is 5.32 Å². The summed E-state index contributed by atoms with van der Waals surface area (Å²) >= 11 is 0. The van der Waals surface area contributed by atoms with E-state index in [0.717, 1.165) is 38.5 Å². The van der Waals surface area contributed by atoms with Crippen LogP contribution in [0.5, 0.6) is 0 Å². The molecular weight excluding hydrogens is 188 g/mol. The molecule has 3 atom stereocenters. The SMILES string of the molecule is C=C(CNC)CN1CC2CCC(O)C2C1. The number of likely N-dealkylation sites (tertiary alicyclic amines) is 1. The highest BCUT2D eigenvalue weighted by atomic mass is 16.3. The standard InChI is InChI=1S/C12H22N2O/c1-9(5-13-2)6-14-7-10-3-4-12(15)11(10)8-14/h10-13,15H,1,3-8H2,2H3. The van der Waals surface area contributed by atoms with Crippen LogP contribution in [0.3, 0.4) is 0 Å². The molecule has 0 radical (unpaired) electrons. The van der Waals surface area contributed by atoms with Gasteiger partial charge in [0.1, 0.15) is 0 Å². The molecule has 86 valence electrons. The van der Waals surface area contributed by atoms with Gasteiger partial charge in [0.15, 0.2) is 0 Å². The Bertz CT molecular complexity index is 242. The number of nitrogens with zero attached hydrogens (tertiary/aromatic N) is 1. The van der Waals surface area contributed by atoms with Gasteiger partial charge in [0.25, 0.3) is 0 Å². The second-order valence-electron chi connectivity index (χ2n) is 5.04. The van der Waals surface area contributed by atoms with Crippen molar-refractivity contribution in [3.05, 3.63) is 12.2 Å². The Hall–Kier alpha value is -0.380. The zero-order valence-electron chi connectivity index (χ0n) is 9.58. The van der Waals surface area contributed by atoms with Crippen molar-refractivity contribution in [3.63, 3.8) is 0 Å². The van der Waals surface area contributed by atoms with Gasteiger partial charge >= 0.3 is 0 Å². The van der Waals surface area contributed by atoms with Gasteiger partial charge in [-0.2, -0.15) is 0 Å². The molecular formula is C12H22N2O. The summed E-state index contributed by atoms with van der Waals surface area (Å²) in [5.74, 6) is 1.27. The largest absolute Gasteiger partial charge is 0.393 e. The molecule has 0 bridgehead atoms. The Balaban J connectivity index is 1.81. The van der Waals surface area contributed by atoms with Gasteiger partial charge in [0.2, 0.25) is 0 Å². The van der Waals surface area contributed by atoms with Gasteiger partial charge < -0.3 is 10.4 Å². The summed E-state index contributed by atoms with van der Waals surface area (Å²) in [6.45, 7) is 8.16. The Kier molecular flexibility index (Phi) is 3.44. The van der Waals surface area contributed by atoms with E-state index in [1.165, 1.54) is 12.0 Å². The molecule has 0 aromatic heterocycles. The van der Waals surface area contributed by atoms with Crippen molar-refractivity contribution in [1.82, 2.24) is 10.2 Å². The minimum Gasteiger partial charge on any atom is -0.393 e. The van der Waals surface area contributed by atoms with Crippen LogP contribution in [-0.2, 0) is 0 Å². The van der Waals surface area contributed by atoms with E-state index in [9.17, 15) is 5.11 Å². The van der Waals surface area contributed by atoms with E-state index in [0.29, 0.717) is 5.92 Å². The van der Waals surface area contributed by atoms with Crippen LogP contribution in [0.15, 0.2) is 12.2 Å². The van der Waals surface area contributed by atoms with E-state index in [1.54, 1.807) is 0 Å². The summed E-state index contributed by atoms with van der Waals surface area (Å²) in [6, 6.07) is 0. The lowest BCUT2D eigenvalue weighted by Crippen LogP contribution is -2.28. The highest BCUT2D eigenvalue weighted by Crippen LogP contribution is 2.38. The second-order valence-corrected chi connectivity index (χ2v) is 5.04. The molecule has 2 fully saturated rings. The average Bonchev–Trinajstić information content (AvgIpc) is 2.69. The lowest BCUT2D eigenvalue weighted by Gasteiger charge is -2.19. The van der Waals surface area contributed by atoms with Crippen LogP contribution in [0.4, 0.5) is 0 Å². The van der Waals surface area contributed by atoms with E-state index in [1.807, 2.05) is 7.05 Å². The first-order valence-corrected chi connectivity index (χ1v) is 5.92. The maximum absolute atomic E-state index is 9.79. The normalized spacial score (nSPS) is 35.7. The van der Waals surface area contributed by atoms with E-state index in [2.05, 4.69) is 16.8 Å². The quantitative estimate of drug-likeness (QED) is 0.662. The molecule has 3 nitrogen and oxygen atoms in total. The highest BCUT2D eigenvalue weighted by molar-refractivity contribution is 5.03. The predicted octanol–water partition coefficient (Wildman–Crippen LogP) is 0.465. The average molecular weight is 210 g/mol. The van der Waals surface area contributed by atoms with Crippen LogP contribution in [0.2, 0.25) is 0 Å². The third kappa shape index (κ3) is 2.41. The lowest BCUT2D eigenvalue weighted by atomic mass is 10.00. The van der Waals surface area contributed by atoms with Gasteiger partial charge in [-0.3, -0.25) is 4.90 Å². The van der Waals surface area contributed by atoms with Crippen LogP contribution in [-0.4, -0.2) is 49.3 Å². The number of hydrogen-bond donors (Lipinski definition) is 2. The molecule has 0 amide bonds. The molecule has 1 saturated heterocycles. The van der Waals surface area contributed by atoms with Crippen LogP contribution in [0.25, 0.3) is 0 Å². The maximum Gasteiger partial charge on any atom is 0.0583 e. The van der Waals surface area contributed by atoms with E-state index in [-0.39, 0.29) is 6.10 Å². The molecule has 2 aliphatic rings. The molecule has 2 N–H and O–H groups in total. The molecule has 0 aromatic rings. The number of hydrogen-bond acceptors (Lipinski definition) is 3. The smallest absolute Gasteiger partial charge is 0.0583 e. The minimum absolute atomic E-state index is 0.0439.